The van der Waals surface area contributed by atoms with E-state index in [2.05, 4.69) is 36.4 Å². The molecule has 2 aromatic carbocycles. The molecule has 1 aromatic heterocycles. The molecular formula is C21H25N3O. The van der Waals surface area contributed by atoms with Gasteiger partial charge in [-0.25, -0.2) is 0 Å². The van der Waals surface area contributed by atoms with Crippen LogP contribution in [0.2, 0.25) is 0 Å². The van der Waals surface area contributed by atoms with E-state index in [1.54, 1.807) is 0 Å². The Balaban J connectivity index is 1.74. The van der Waals surface area contributed by atoms with Gasteiger partial charge in [-0.2, -0.15) is 5.10 Å². The molecule has 4 nitrogen and oxygen atoms in total. The van der Waals surface area contributed by atoms with Crippen LogP contribution in [0.5, 0.6) is 11.5 Å². The zero-order chi connectivity index (χ0) is 17.6. The second-order valence-corrected chi connectivity index (χ2v) is 6.24. The summed E-state index contributed by atoms with van der Waals surface area (Å²) in [6, 6.07) is 18.4. The highest BCUT2D eigenvalue weighted by Crippen LogP contribution is 2.28. The van der Waals surface area contributed by atoms with E-state index in [0.29, 0.717) is 0 Å². The molecular weight excluding hydrogens is 310 g/mol. The highest BCUT2D eigenvalue weighted by molar-refractivity contribution is 5.48. The van der Waals surface area contributed by atoms with Gasteiger partial charge in [-0.1, -0.05) is 43.7 Å². The fraction of sp³-hybridized carbons (Fsp3) is 0.286. The van der Waals surface area contributed by atoms with Crippen LogP contribution >= 0.6 is 0 Å². The number of benzene rings is 2. The minimum atomic E-state index is 0.263. The van der Waals surface area contributed by atoms with E-state index >= 15 is 0 Å². The van der Waals surface area contributed by atoms with Gasteiger partial charge in [0.15, 0.2) is 0 Å². The lowest BCUT2D eigenvalue weighted by molar-refractivity contribution is 0.482. The minimum absolute atomic E-state index is 0.263. The topological polar surface area (TPSA) is 39.1 Å². The summed E-state index contributed by atoms with van der Waals surface area (Å²) < 4.78 is 7.77. The fourth-order valence-electron chi connectivity index (χ4n) is 2.83. The van der Waals surface area contributed by atoms with Crippen LogP contribution in [-0.4, -0.2) is 9.78 Å². The third-order valence-corrected chi connectivity index (χ3v) is 4.40. The van der Waals surface area contributed by atoms with Gasteiger partial charge in [0, 0.05) is 7.05 Å². The standard InChI is InChI=1S/C21H25N3O/c1-4-8-20(23-21-15-22-24(3)16(21)2)17-11-13-19(14-12-17)25-18-9-6-5-7-10-18/h5-7,9-15,20,23H,4,8H2,1-3H3. The van der Waals surface area contributed by atoms with Crippen molar-refractivity contribution < 1.29 is 4.74 Å². The molecule has 0 fully saturated rings. The smallest absolute Gasteiger partial charge is 0.127 e. The highest BCUT2D eigenvalue weighted by atomic mass is 16.5. The Morgan fingerprint density at radius 1 is 1.04 bits per heavy atom. The molecule has 0 saturated carbocycles. The molecule has 3 aromatic rings. The van der Waals surface area contributed by atoms with Gasteiger partial charge in [-0.3, -0.25) is 4.68 Å². The van der Waals surface area contributed by atoms with Crippen LogP contribution in [0.25, 0.3) is 0 Å². The molecule has 0 aliphatic heterocycles. The minimum Gasteiger partial charge on any atom is -0.457 e. The Morgan fingerprint density at radius 2 is 1.72 bits per heavy atom. The van der Waals surface area contributed by atoms with Gasteiger partial charge in [0.05, 0.1) is 23.6 Å². The van der Waals surface area contributed by atoms with E-state index in [0.717, 1.165) is 35.7 Å². The first kappa shape index (κ1) is 17.1. The van der Waals surface area contributed by atoms with Crippen molar-refractivity contribution >= 4 is 5.69 Å². The predicted molar refractivity (Wildman–Crippen MR) is 102 cm³/mol. The predicted octanol–water partition coefficient (Wildman–Crippen LogP) is 5.47. The van der Waals surface area contributed by atoms with Crippen molar-refractivity contribution in [3.63, 3.8) is 0 Å². The summed E-state index contributed by atoms with van der Waals surface area (Å²) >= 11 is 0. The molecule has 0 radical (unpaired) electrons. The van der Waals surface area contributed by atoms with Gasteiger partial charge < -0.3 is 10.1 Å². The van der Waals surface area contributed by atoms with Gasteiger partial charge in [-0.15, -0.1) is 0 Å². The van der Waals surface area contributed by atoms with Crippen molar-refractivity contribution in [2.24, 2.45) is 7.05 Å². The van der Waals surface area contributed by atoms with Crippen molar-refractivity contribution in [3.05, 3.63) is 72.1 Å². The molecule has 25 heavy (non-hydrogen) atoms. The Kier molecular flexibility index (Phi) is 5.39. The van der Waals surface area contributed by atoms with Crippen molar-refractivity contribution in [2.45, 2.75) is 32.7 Å². The third-order valence-electron chi connectivity index (χ3n) is 4.40. The number of nitrogens with zero attached hydrogens (tertiary/aromatic N) is 2. The first-order valence-corrected chi connectivity index (χ1v) is 8.75. The van der Waals surface area contributed by atoms with Gasteiger partial charge in [0.2, 0.25) is 0 Å². The fourth-order valence-corrected chi connectivity index (χ4v) is 2.83. The van der Waals surface area contributed by atoms with Crippen LogP contribution in [0.1, 0.15) is 37.1 Å². The monoisotopic (exact) mass is 335 g/mol. The van der Waals surface area contributed by atoms with E-state index in [9.17, 15) is 0 Å². The van der Waals surface area contributed by atoms with E-state index in [4.69, 9.17) is 4.74 Å². The molecule has 0 aliphatic rings. The summed E-state index contributed by atoms with van der Waals surface area (Å²) in [7, 11) is 1.96. The van der Waals surface area contributed by atoms with Crippen molar-refractivity contribution in [1.29, 1.82) is 0 Å². The maximum absolute atomic E-state index is 5.88. The Labute approximate surface area is 149 Å². The number of para-hydroxylation sites is 1. The Bertz CT molecular complexity index is 794. The van der Waals surface area contributed by atoms with Crippen molar-refractivity contribution in [2.75, 3.05) is 5.32 Å². The molecule has 1 atom stereocenters. The molecule has 0 aliphatic carbocycles. The lowest BCUT2D eigenvalue weighted by Crippen LogP contribution is -2.11. The number of hydrogen-bond acceptors (Lipinski definition) is 3. The van der Waals surface area contributed by atoms with E-state index < -0.39 is 0 Å². The number of anilines is 1. The first-order chi connectivity index (χ1) is 12.2. The number of aryl methyl sites for hydroxylation is 1. The summed E-state index contributed by atoms with van der Waals surface area (Å²) in [5.41, 5.74) is 3.49. The van der Waals surface area contributed by atoms with Crippen molar-refractivity contribution in [1.82, 2.24) is 9.78 Å². The summed E-state index contributed by atoms with van der Waals surface area (Å²) in [5.74, 6) is 1.70. The molecule has 3 rings (SSSR count). The van der Waals surface area contributed by atoms with E-state index in [1.807, 2.05) is 60.4 Å². The number of ether oxygens (including phenoxy) is 1. The normalized spacial score (nSPS) is 12.0. The SMILES string of the molecule is CCCC(Nc1cnn(C)c1C)c1ccc(Oc2ccccc2)cc1. The summed E-state index contributed by atoms with van der Waals surface area (Å²) in [6.45, 7) is 4.28. The lowest BCUT2D eigenvalue weighted by Gasteiger charge is -2.20. The maximum Gasteiger partial charge on any atom is 0.127 e. The van der Waals surface area contributed by atoms with Gasteiger partial charge in [0.25, 0.3) is 0 Å². The molecule has 0 saturated heterocycles. The lowest BCUT2D eigenvalue weighted by atomic mass is 10.0. The largest absolute Gasteiger partial charge is 0.457 e. The number of hydrogen-bond donors (Lipinski definition) is 1. The van der Waals surface area contributed by atoms with Crippen LogP contribution in [0.15, 0.2) is 60.8 Å². The second kappa shape index (κ2) is 7.88. The van der Waals surface area contributed by atoms with Gasteiger partial charge >= 0.3 is 0 Å². The third kappa shape index (κ3) is 4.21. The highest BCUT2D eigenvalue weighted by Gasteiger charge is 2.13. The first-order valence-electron chi connectivity index (χ1n) is 8.75. The summed E-state index contributed by atoms with van der Waals surface area (Å²) in [5, 5.41) is 7.95. The van der Waals surface area contributed by atoms with Crippen LogP contribution in [0, 0.1) is 6.92 Å². The Morgan fingerprint density at radius 3 is 2.32 bits per heavy atom. The quantitative estimate of drug-likeness (QED) is 0.622. The van der Waals surface area contributed by atoms with Gasteiger partial charge in [0.1, 0.15) is 11.5 Å². The zero-order valence-corrected chi connectivity index (χ0v) is 15.1. The van der Waals surface area contributed by atoms with Crippen molar-refractivity contribution in [3.8, 4) is 11.5 Å². The average Bonchev–Trinajstić information content (AvgIpc) is 2.95. The average molecular weight is 335 g/mol. The second-order valence-electron chi connectivity index (χ2n) is 6.24. The zero-order valence-electron chi connectivity index (χ0n) is 15.1. The van der Waals surface area contributed by atoms with Crippen LogP contribution in [-0.2, 0) is 7.05 Å². The Hall–Kier alpha value is -2.75. The summed E-state index contributed by atoms with van der Waals surface area (Å²) in [6.07, 6.45) is 4.07. The maximum atomic E-state index is 5.88. The van der Waals surface area contributed by atoms with Gasteiger partial charge in [-0.05, 0) is 43.2 Å². The van der Waals surface area contributed by atoms with Crippen LogP contribution < -0.4 is 10.1 Å². The van der Waals surface area contributed by atoms with Crippen LogP contribution in [0.3, 0.4) is 0 Å². The van der Waals surface area contributed by atoms with E-state index in [-0.39, 0.29) is 6.04 Å². The molecule has 0 spiro atoms. The summed E-state index contributed by atoms with van der Waals surface area (Å²) in [4.78, 5) is 0. The molecule has 0 amide bonds. The molecule has 4 heteroatoms. The molecule has 130 valence electrons. The number of rotatable bonds is 7. The van der Waals surface area contributed by atoms with Crippen LogP contribution in [0.4, 0.5) is 5.69 Å². The van der Waals surface area contributed by atoms with E-state index in [1.165, 1.54) is 5.56 Å². The molecule has 1 unspecified atom stereocenters. The molecule has 1 heterocycles. The molecule has 0 bridgehead atoms. The molecule has 1 N–H and O–H groups in total. The number of aromatic nitrogens is 2. The number of nitrogens with one attached hydrogen (secondary N) is 1.